The van der Waals surface area contributed by atoms with E-state index in [0.29, 0.717) is 17.8 Å². The number of nitrogens with zero attached hydrogens (tertiary/aromatic N) is 1. The largest absolute Gasteiger partial charge is 0.399 e. The van der Waals surface area contributed by atoms with Crippen molar-refractivity contribution in [1.29, 1.82) is 0 Å². The van der Waals surface area contributed by atoms with Crippen LogP contribution in [0.3, 0.4) is 0 Å². The molecule has 4 heteroatoms. The quantitative estimate of drug-likeness (QED) is 0.760. The molecule has 1 aromatic carbocycles. The van der Waals surface area contributed by atoms with Gasteiger partial charge in [0, 0.05) is 25.8 Å². The molecule has 0 bridgehead atoms. The average molecular weight is 249 g/mol. The molecule has 0 aliphatic heterocycles. The zero-order chi connectivity index (χ0) is 13.5. The van der Waals surface area contributed by atoms with E-state index in [-0.39, 0.29) is 5.91 Å². The van der Waals surface area contributed by atoms with E-state index < -0.39 is 0 Å². The van der Waals surface area contributed by atoms with Crippen molar-refractivity contribution in [3.63, 3.8) is 0 Å². The fourth-order valence-electron chi connectivity index (χ4n) is 1.83. The number of rotatable bonds is 6. The summed E-state index contributed by atoms with van der Waals surface area (Å²) in [5.41, 5.74) is 8.07. The number of nitrogens with two attached hydrogens (primary N) is 1. The van der Waals surface area contributed by atoms with Crippen LogP contribution in [0.1, 0.15) is 37.0 Å². The lowest BCUT2D eigenvalue weighted by molar-refractivity contribution is 0.0956. The summed E-state index contributed by atoms with van der Waals surface area (Å²) < 4.78 is 0. The van der Waals surface area contributed by atoms with Crippen molar-refractivity contribution in [2.75, 3.05) is 30.8 Å². The van der Waals surface area contributed by atoms with Crippen LogP contribution in [0.25, 0.3) is 0 Å². The Bertz CT molecular complexity index is 404. The van der Waals surface area contributed by atoms with Crippen molar-refractivity contribution < 1.29 is 4.79 Å². The molecule has 0 atom stereocenters. The smallest absolute Gasteiger partial charge is 0.253 e. The number of amides is 1. The maximum absolute atomic E-state index is 12.0. The van der Waals surface area contributed by atoms with Gasteiger partial charge in [-0.2, -0.15) is 0 Å². The van der Waals surface area contributed by atoms with Crippen molar-refractivity contribution >= 4 is 17.3 Å². The first-order chi connectivity index (χ1) is 8.60. The van der Waals surface area contributed by atoms with Gasteiger partial charge in [-0.1, -0.05) is 13.3 Å². The van der Waals surface area contributed by atoms with E-state index in [9.17, 15) is 4.79 Å². The Morgan fingerprint density at radius 3 is 2.72 bits per heavy atom. The lowest BCUT2D eigenvalue weighted by Gasteiger charge is -2.22. The molecule has 3 N–H and O–H groups in total. The third-order valence-electron chi connectivity index (χ3n) is 2.86. The molecular weight excluding hydrogens is 226 g/mol. The summed E-state index contributed by atoms with van der Waals surface area (Å²) >= 11 is 0. The summed E-state index contributed by atoms with van der Waals surface area (Å²) in [5.74, 6) is -0.0455. The van der Waals surface area contributed by atoms with Crippen molar-refractivity contribution in [3.05, 3.63) is 23.8 Å². The number of anilines is 2. The first-order valence-corrected chi connectivity index (χ1v) is 6.49. The third kappa shape index (κ3) is 3.65. The van der Waals surface area contributed by atoms with E-state index in [4.69, 9.17) is 5.73 Å². The first kappa shape index (κ1) is 14.4. The standard InChI is InChI=1S/C14H23N3O/c1-4-6-9-17(3)13-10-11(15)7-8-12(13)14(18)16-5-2/h7-8,10H,4-6,9,15H2,1-3H3,(H,16,18). The lowest BCUT2D eigenvalue weighted by Crippen LogP contribution is -2.27. The maximum Gasteiger partial charge on any atom is 0.253 e. The number of nitrogen functional groups attached to an aromatic ring is 1. The fourth-order valence-corrected chi connectivity index (χ4v) is 1.83. The minimum Gasteiger partial charge on any atom is -0.399 e. The van der Waals surface area contributed by atoms with E-state index in [0.717, 1.165) is 25.1 Å². The Labute approximate surface area is 109 Å². The first-order valence-electron chi connectivity index (χ1n) is 6.49. The number of carbonyl (C=O) groups is 1. The molecule has 4 nitrogen and oxygen atoms in total. The van der Waals surface area contributed by atoms with Crippen molar-refractivity contribution in [2.24, 2.45) is 0 Å². The van der Waals surface area contributed by atoms with Crippen LogP contribution in [0.4, 0.5) is 11.4 Å². The zero-order valence-electron chi connectivity index (χ0n) is 11.5. The van der Waals surface area contributed by atoms with Crippen molar-refractivity contribution in [2.45, 2.75) is 26.7 Å². The highest BCUT2D eigenvalue weighted by atomic mass is 16.1. The Morgan fingerprint density at radius 1 is 1.39 bits per heavy atom. The molecule has 0 aliphatic rings. The molecule has 18 heavy (non-hydrogen) atoms. The Morgan fingerprint density at radius 2 is 2.11 bits per heavy atom. The number of carbonyl (C=O) groups excluding carboxylic acids is 1. The predicted molar refractivity (Wildman–Crippen MR) is 77.0 cm³/mol. The molecule has 0 aliphatic carbocycles. The summed E-state index contributed by atoms with van der Waals surface area (Å²) in [5, 5.41) is 2.83. The molecule has 100 valence electrons. The molecule has 0 heterocycles. The molecule has 0 aromatic heterocycles. The van der Waals surface area contributed by atoms with Gasteiger partial charge < -0.3 is 16.0 Å². The second-order valence-corrected chi connectivity index (χ2v) is 4.41. The Hall–Kier alpha value is -1.71. The molecule has 1 aromatic rings. The summed E-state index contributed by atoms with van der Waals surface area (Å²) in [4.78, 5) is 14.1. The van der Waals surface area contributed by atoms with Gasteiger partial charge in [0.05, 0.1) is 11.3 Å². The highest BCUT2D eigenvalue weighted by molar-refractivity contribution is 6.00. The van der Waals surface area contributed by atoms with Gasteiger partial charge in [-0.3, -0.25) is 4.79 Å². The molecular formula is C14H23N3O. The van der Waals surface area contributed by atoms with Gasteiger partial charge >= 0.3 is 0 Å². The molecule has 0 radical (unpaired) electrons. The minimum atomic E-state index is -0.0455. The van der Waals surface area contributed by atoms with E-state index in [1.807, 2.05) is 20.0 Å². The number of benzene rings is 1. The summed E-state index contributed by atoms with van der Waals surface area (Å²) in [6.07, 6.45) is 2.23. The SMILES string of the molecule is CCCCN(C)c1cc(N)ccc1C(=O)NCC. The van der Waals surface area contributed by atoms with Crippen LogP contribution >= 0.6 is 0 Å². The van der Waals surface area contributed by atoms with Crippen LogP contribution in [-0.2, 0) is 0 Å². The van der Waals surface area contributed by atoms with Crippen LogP contribution in [0.2, 0.25) is 0 Å². The van der Waals surface area contributed by atoms with Crippen LogP contribution in [0.5, 0.6) is 0 Å². The molecule has 0 saturated heterocycles. The highest BCUT2D eigenvalue weighted by Gasteiger charge is 2.13. The fraction of sp³-hybridized carbons (Fsp3) is 0.500. The number of unbranched alkanes of at least 4 members (excludes halogenated alkanes) is 1. The highest BCUT2D eigenvalue weighted by Crippen LogP contribution is 2.23. The second-order valence-electron chi connectivity index (χ2n) is 4.41. The number of hydrogen-bond acceptors (Lipinski definition) is 3. The van der Waals surface area contributed by atoms with Crippen LogP contribution in [-0.4, -0.2) is 26.0 Å². The molecule has 1 rings (SSSR count). The summed E-state index contributed by atoms with van der Waals surface area (Å²) in [7, 11) is 1.99. The normalized spacial score (nSPS) is 10.2. The van der Waals surface area contributed by atoms with Crippen LogP contribution in [0, 0.1) is 0 Å². The topological polar surface area (TPSA) is 58.4 Å². The van der Waals surface area contributed by atoms with Gasteiger partial charge in [0.15, 0.2) is 0 Å². The third-order valence-corrected chi connectivity index (χ3v) is 2.86. The summed E-state index contributed by atoms with van der Waals surface area (Å²) in [6, 6.07) is 5.42. The van der Waals surface area contributed by atoms with Crippen LogP contribution < -0.4 is 16.0 Å². The monoisotopic (exact) mass is 249 g/mol. The van der Waals surface area contributed by atoms with Crippen LogP contribution in [0.15, 0.2) is 18.2 Å². The second kappa shape index (κ2) is 6.89. The number of nitrogens with one attached hydrogen (secondary N) is 1. The predicted octanol–water partition coefficient (Wildman–Crippen LogP) is 2.25. The summed E-state index contributed by atoms with van der Waals surface area (Å²) in [6.45, 7) is 5.61. The van der Waals surface area contributed by atoms with E-state index >= 15 is 0 Å². The molecule has 0 fully saturated rings. The van der Waals surface area contributed by atoms with E-state index in [1.54, 1.807) is 12.1 Å². The molecule has 0 saturated carbocycles. The zero-order valence-corrected chi connectivity index (χ0v) is 11.5. The molecule has 0 unspecified atom stereocenters. The number of hydrogen-bond donors (Lipinski definition) is 2. The Kier molecular flexibility index (Phi) is 5.49. The average Bonchev–Trinajstić information content (AvgIpc) is 2.36. The van der Waals surface area contributed by atoms with Gasteiger partial charge in [-0.15, -0.1) is 0 Å². The molecule has 1 amide bonds. The van der Waals surface area contributed by atoms with Crippen molar-refractivity contribution in [3.8, 4) is 0 Å². The van der Waals surface area contributed by atoms with E-state index in [1.165, 1.54) is 0 Å². The van der Waals surface area contributed by atoms with Crippen molar-refractivity contribution in [1.82, 2.24) is 5.32 Å². The Balaban J connectivity index is 2.99. The van der Waals surface area contributed by atoms with Gasteiger partial charge in [0.2, 0.25) is 0 Å². The lowest BCUT2D eigenvalue weighted by atomic mass is 10.1. The van der Waals surface area contributed by atoms with Gasteiger partial charge in [-0.05, 0) is 31.5 Å². The van der Waals surface area contributed by atoms with Gasteiger partial charge in [0.25, 0.3) is 5.91 Å². The van der Waals surface area contributed by atoms with Gasteiger partial charge in [0.1, 0.15) is 0 Å². The van der Waals surface area contributed by atoms with Gasteiger partial charge in [-0.25, -0.2) is 0 Å². The molecule has 0 spiro atoms. The van der Waals surface area contributed by atoms with E-state index in [2.05, 4.69) is 17.1 Å². The maximum atomic E-state index is 12.0. The minimum absolute atomic E-state index is 0.0455.